The molecular formula is C10H16Cl2N4. The standard InChI is InChI=1S/C10H15ClN4.ClH/c1-8-6-15(5-4-12-8)7-9-2-3-10(11)14-13-9;/h2-3,8,12H,4-7H2,1H3;1H. The second-order valence-electron chi connectivity index (χ2n) is 3.94. The molecule has 2 heterocycles. The van der Waals surface area contributed by atoms with Crippen LogP contribution >= 0.6 is 24.0 Å². The highest BCUT2D eigenvalue weighted by Crippen LogP contribution is 2.07. The number of nitrogens with one attached hydrogen (secondary N) is 1. The Morgan fingerprint density at radius 2 is 2.31 bits per heavy atom. The Bertz CT molecular complexity index is 317. The lowest BCUT2D eigenvalue weighted by Crippen LogP contribution is -2.48. The molecule has 0 aliphatic carbocycles. The molecule has 90 valence electrons. The van der Waals surface area contributed by atoms with Crippen molar-refractivity contribution >= 4 is 24.0 Å². The van der Waals surface area contributed by atoms with Crippen LogP contribution in [0.4, 0.5) is 0 Å². The van der Waals surface area contributed by atoms with E-state index in [1.807, 2.05) is 6.07 Å². The summed E-state index contributed by atoms with van der Waals surface area (Å²) in [6.45, 7) is 6.22. The molecule has 0 radical (unpaired) electrons. The van der Waals surface area contributed by atoms with Gasteiger partial charge in [-0.3, -0.25) is 4.90 Å². The van der Waals surface area contributed by atoms with Crippen molar-refractivity contribution in [3.8, 4) is 0 Å². The third kappa shape index (κ3) is 3.87. The maximum absolute atomic E-state index is 5.68. The highest BCUT2D eigenvalue weighted by molar-refractivity contribution is 6.29. The van der Waals surface area contributed by atoms with Gasteiger partial charge in [0.15, 0.2) is 5.15 Å². The molecule has 1 aromatic heterocycles. The van der Waals surface area contributed by atoms with E-state index >= 15 is 0 Å². The van der Waals surface area contributed by atoms with E-state index in [4.69, 9.17) is 11.6 Å². The van der Waals surface area contributed by atoms with Gasteiger partial charge in [0, 0.05) is 32.2 Å². The lowest BCUT2D eigenvalue weighted by atomic mass is 10.2. The van der Waals surface area contributed by atoms with E-state index in [1.54, 1.807) is 6.07 Å². The molecule has 6 heteroatoms. The fourth-order valence-corrected chi connectivity index (χ4v) is 1.91. The SMILES string of the molecule is CC1CN(Cc2ccc(Cl)nn2)CCN1.Cl. The van der Waals surface area contributed by atoms with Crippen LogP contribution in [0, 0.1) is 0 Å². The predicted molar refractivity (Wildman–Crippen MR) is 67.0 cm³/mol. The number of aromatic nitrogens is 2. The van der Waals surface area contributed by atoms with Crippen molar-refractivity contribution in [2.24, 2.45) is 0 Å². The summed E-state index contributed by atoms with van der Waals surface area (Å²) in [6, 6.07) is 4.27. The van der Waals surface area contributed by atoms with Crippen LogP contribution in [0.2, 0.25) is 5.15 Å². The van der Waals surface area contributed by atoms with Gasteiger partial charge in [0.05, 0.1) is 5.69 Å². The fraction of sp³-hybridized carbons (Fsp3) is 0.600. The van der Waals surface area contributed by atoms with Crippen molar-refractivity contribution in [3.05, 3.63) is 23.0 Å². The van der Waals surface area contributed by atoms with Gasteiger partial charge in [-0.2, -0.15) is 5.10 Å². The smallest absolute Gasteiger partial charge is 0.151 e. The molecule has 0 bridgehead atoms. The highest BCUT2D eigenvalue weighted by Gasteiger charge is 2.15. The Hall–Kier alpha value is -0.420. The van der Waals surface area contributed by atoms with Gasteiger partial charge in [0.2, 0.25) is 0 Å². The first-order valence-corrected chi connectivity index (χ1v) is 5.55. The van der Waals surface area contributed by atoms with Gasteiger partial charge in [-0.15, -0.1) is 17.5 Å². The molecule has 0 saturated carbocycles. The van der Waals surface area contributed by atoms with E-state index in [2.05, 4.69) is 27.3 Å². The number of rotatable bonds is 2. The molecule has 1 fully saturated rings. The summed E-state index contributed by atoms with van der Waals surface area (Å²) in [7, 11) is 0. The Labute approximate surface area is 107 Å². The normalized spacial score (nSPS) is 21.5. The van der Waals surface area contributed by atoms with Crippen LogP contribution in [0.25, 0.3) is 0 Å². The van der Waals surface area contributed by atoms with Crippen molar-refractivity contribution in [2.45, 2.75) is 19.5 Å². The third-order valence-corrected chi connectivity index (χ3v) is 2.73. The zero-order valence-electron chi connectivity index (χ0n) is 9.19. The molecule has 16 heavy (non-hydrogen) atoms. The molecule has 0 amide bonds. The molecule has 1 saturated heterocycles. The van der Waals surface area contributed by atoms with Gasteiger partial charge in [-0.05, 0) is 19.1 Å². The van der Waals surface area contributed by atoms with E-state index in [1.165, 1.54) is 0 Å². The van der Waals surface area contributed by atoms with Crippen molar-refractivity contribution in [1.82, 2.24) is 20.4 Å². The quantitative estimate of drug-likeness (QED) is 0.874. The van der Waals surface area contributed by atoms with Crippen molar-refractivity contribution in [2.75, 3.05) is 19.6 Å². The summed E-state index contributed by atoms with van der Waals surface area (Å²) in [5.74, 6) is 0. The number of hydrogen-bond donors (Lipinski definition) is 1. The second kappa shape index (κ2) is 6.35. The molecule has 1 atom stereocenters. The Morgan fingerprint density at radius 3 is 2.94 bits per heavy atom. The van der Waals surface area contributed by atoms with Crippen molar-refractivity contribution in [1.29, 1.82) is 0 Å². The van der Waals surface area contributed by atoms with Crippen LogP contribution in [0.5, 0.6) is 0 Å². The minimum Gasteiger partial charge on any atom is -0.312 e. The first-order valence-electron chi connectivity index (χ1n) is 5.18. The molecule has 1 aromatic rings. The van der Waals surface area contributed by atoms with E-state index < -0.39 is 0 Å². The third-order valence-electron chi connectivity index (χ3n) is 2.53. The topological polar surface area (TPSA) is 41.1 Å². The van der Waals surface area contributed by atoms with Gasteiger partial charge in [-0.1, -0.05) is 11.6 Å². The van der Waals surface area contributed by atoms with Crippen LogP contribution in [-0.4, -0.2) is 40.8 Å². The van der Waals surface area contributed by atoms with Gasteiger partial charge in [-0.25, -0.2) is 0 Å². The summed E-state index contributed by atoms with van der Waals surface area (Å²) in [5.41, 5.74) is 0.980. The van der Waals surface area contributed by atoms with Crippen molar-refractivity contribution in [3.63, 3.8) is 0 Å². The zero-order chi connectivity index (χ0) is 10.7. The summed E-state index contributed by atoms with van der Waals surface area (Å²) < 4.78 is 0. The molecule has 0 spiro atoms. The van der Waals surface area contributed by atoms with Gasteiger partial charge in [0.1, 0.15) is 0 Å². The monoisotopic (exact) mass is 262 g/mol. The average Bonchev–Trinajstić information content (AvgIpc) is 2.22. The van der Waals surface area contributed by atoms with Crippen LogP contribution in [0.3, 0.4) is 0 Å². The molecule has 0 aromatic carbocycles. The lowest BCUT2D eigenvalue weighted by Gasteiger charge is -2.31. The molecule has 1 aliphatic heterocycles. The maximum Gasteiger partial charge on any atom is 0.151 e. The molecule has 1 unspecified atom stereocenters. The molecule has 4 nitrogen and oxygen atoms in total. The number of piperazine rings is 1. The molecular weight excluding hydrogens is 247 g/mol. The maximum atomic E-state index is 5.68. The molecule has 2 rings (SSSR count). The largest absolute Gasteiger partial charge is 0.312 e. The first kappa shape index (κ1) is 13.6. The lowest BCUT2D eigenvalue weighted by molar-refractivity contribution is 0.197. The van der Waals surface area contributed by atoms with Gasteiger partial charge in [0.25, 0.3) is 0 Å². The summed E-state index contributed by atoms with van der Waals surface area (Å²) >= 11 is 5.68. The number of hydrogen-bond acceptors (Lipinski definition) is 4. The Morgan fingerprint density at radius 1 is 1.50 bits per heavy atom. The van der Waals surface area contributed by atoms with Gasteiger partial charge >= 0.3 is 0 Å². The van der Waals surface area contributed by atoms with E-state index in [-0.39, 0.29) is 12.4 Å². The van der Waals surface area contributed by atoms with E-state index in [9.17, 15) is 0 Å². The highest BCUT2D eigenvalue weighted by atomic mass is 35.5. The number of halogens is 2. The molecule has 1 aliphatic rings. The van der Waals surface area contributed by atoms with Crippen LogP contribution < -0.4 is 5.32 Å². The Kier molecular flexibility index (Phi) is 5.41. The minimum atomic E-state index is 0. The number of nitrogens with zero attached hydrogens (tertiary/aromatic N) is 3. The summed E-state index contributed by atoms with van der Waals surface area (Å²) in [6.07, 6.45) is 0. The van der Waals surface area contributed by atoms with E-state index in [0.29, 0.717) is 11.2 Å². The van der Waals surface area contributed by atoms with Crippen LogP contribution in [-0.2, 0) is 6.54 Å². The molecule has 1 N–H and O–H groups in total. The van der Waals surface area contributed by atoms with E-state index in [0.717, 1.165) is 31.9 Å². The zero-order valence-corrected chi connectivity index (χ0v) is 10.8. The second-order valence-corrected chi connectivity index (χ2v) is 4.32. The summed E-state index contributed by atoms with van der Waals surface area (Å²) in [5, 5.41) is 11.7. The fourth-order valence-electron chi connectivity index (χ4n) is 1.81. The Balaban J connectivity index is 0.00000128. The van der Waals surface area contributed by atoms with Gasteiger partial charge < -0.3 is 5.32 Å². The average molecular weight is 263 g/mol. The van der Waals surface area contributed by atoms with Crippen molar-refractivity contribution < 1.29 is 0 Å². The minimum absolute atomic E-state index is 0. The predicted octanol–water partition coefficient (Wildman–Crippen LogP) is 1.35. The first-order chi connectivity index (χ1) is 7.24. The summed E-state index contributed by atoms with van der Waals surface area (Å²) in [4.78, 5) is 2.37. The van der Waals surface area contributed by atoms with Crippen LogP contribution in [0.1, 0.15) is 12.6 Å². The van der Waals surface area contributed by atoms with Crippen LogP contribution in [0.15, 0.2) is 12.1 Å².